The monoisotopic (exact) mass is 1820 g/mol. The zero-order valence-electron chi connectivity index (χ0n) is 76.4. The third kappa shape index (κ3) is 22.1. The van der Waals surface area contributed by atoms with Crippen molar-refractivity contribution in [1.29, 1.82) is 0 Å². The molecule has 20 rings (SSSR count). The van der Waals surface area contributed by atoms with Gasteiger partial charge in [0.05, 0.1) is 104 Å². The number of phenolic OH excluding ortho intramolecular Hbond substituents is 6. The molecule has 0 bridgehead atoms. The van der Waals surface area contributed by atoms with E-state index in [9.17, 15) is 30.6 Å². The molecule has 0 atom stereocenters. The SMILES string of the molecule is CCCCOc1ccc(-c2nc(-c3ccc(OCCCC)cc3O)nc(-c3ccc(OCCCC)cc3OCCCC)n2)c(O)c1.Cc1ccccc1-n1c(-c2ccccc2O)nc2ccccc21.Cc1ccccc1-n1c(-c2ccccc2O)nc2ncccc21.Oc1ccccc1-c1nc2cc(-c3ccccc3)ccc2o1.Oc1ccccc1-c1nc2cc(-c3ccccc3)ccc2s1. The normalized spacial score (nSPS) is 11.0. The van der Waals surface area contributed by atoms with Gasteiger partial charge in [-0.05, 0) is 219 Å². The number of aryl methyl sites for hydroxylation is 2. The summed E-state index contributed by atoms with van der Waals surface area (Å²) in [6.45, 7) is 14.8. The lowest BCUT2D eigenvalue weighted by molar-refractivity contribution is 0.295. The number of unbranched alkanes of at least 4 members (excludes halogenated alkanes) is 4. The lowest BCUT2D eigenvalue weighted by Crippen LogP contribution is -2.04. The number of rotatable bonds is 27. The molecular formula is C114H104N10O11S. The summed E-state index contributed by atoms with van der Waals surface area (Å²) in [6.07, 6.45) is 9.43. The number of ether oxygens (including phenoxy) is 4. The lowest BCUT2D eigenvalue weighted by Gasteiger charge is -2.15. The van der Waals surface area contributed by atoms with Gasteiger partial charge in [0, 0.05) is 24.4 Å². The highest BCUT2D eigenvalue weighted by atomic mass is 32.1. The molecule has 0 aliphatic carbocycles. The van der Waals surface area contributed by atoms with E-state index in [0.717, 1.165) is 145 Å². The molecule has 0 saturated heterocycles. The summed E-state index contributed by atoms with van der Waals surface area (Å²) in [7, 11) is 0. The van der Waals surface area contributed by atoms with E-state index < -0.39 is 0 Å². The molecule has 0 aliphatic heterocycles. The number of phenols is 6. The van der Waals surface area contributed by atoms with Crippen molar-refractivity contribution in [2.75, 3.05) is 26.4 Å². The number of aromatic hydroxyl groups is 6. The number of hydrogen-bond acceptors (Lipinski definition) is 20. The molecule has 0 aliphatic rings. The van der Waals surface area contributed by atoms with E-state index in [4.69, 9.17) is 43.3 Å². The van der Waals surface area contributed by atoms with Crippen molar-refractivity contribution in [3.8, 4) is 170 Å². The number of fused-ring (bicyclic) bond motifs is 4. The second kappa shape index (κ2) is 44.6. The number of oxazole rings is 1. The van der Waals surface area contributed by atoms with E-state index >= 15 is 0 Å². The van der Waals surface area contributed by atoms with E-state index in [0.29, 0.717) is 106 Å². The van der Waals surface area contributed by atoms with E-state index in [-0.39, 0.29) is 46.1 Å². The molecule has 0 radical (unpaired) electrons. The quantitative estimate of drug-likeness (QED) is 0.0261. The maximum absolute atomic E-state index is 11.1. The van der Waals surface area contributed by atoms with Gasteiger partial charge in [-0.15, -0.1) is 11.3 Å². The van der Waals surface area contributed by atoms with Crippen molar-refractivity contribution >= 4 is 54.9 Å². The number of aromatic nitrogens is 10. The lowest BCUT2D eigenvalue weighted by atomic mass is 10.1. The maximum Gasteiger partial charge on any atom is 0.231 e. The fourth-order valence-corrected chi connectivity index (χ4v) is 16.3. The van der Waals surface area contributed by atoms with Crippen molar-refractivity contribution < 1.29 is 54.0 Å². The molecule has 21 nitrogen and oxygen atoms in total. The van der Waals surface area contributed by atoms with Crippen LogP contribution in [0, 0.1) is 13.8 Å². The van der Waals surface area contributed by atoms with Gasteiger partial charge in [-0.3, -0.25) is 9.13 Å². The number of nitrogens with zero attached hydrogens (tertiary/aromatic N) is 10. The standard InChI is InChI=1S/C37H47N3O6.C20H16N2O.C19H15N3O.C19H13NO2.C19H13NOS/c1-5-9-19-43-26-13-16-29(32(41)23-26)35-38-36(30-17-14-27(24-33(30)42)44-20-10-6-2)40-37(39-35)31-18-15-28(45-21-11-7-3)25-34(31)46-22-12-8-4;1-14-8-2-5-11-17(14)22-18-12-6-4-10-16(18)21-20(22)15-9-3-7-13-19(15)23;1-13-7-2-4-9-15(13)22-16-10-6-12-20-18(16)21-19(22)14-8-3-5-11-17(14)23;2*21-17-9-5-4-8-15(17)19-20-16-12-14(10-11-18(16)22-19)13-6-2-1-3-7-13/h13-18,23-25,41-42H,5-12,19-22H2,1-4H3;2-13,23H,1H3;2-12,23H,1H3;2*1-12,21H. The van der Waals surface area contributed by atoms with Crippen LogP contribution in [-0.4, -0.2) is 106 Å². The van der Waals surface area contributed by atoms with Crippen LogP contribution in [0.25, 0.3) is 156 Å². The van der Waals surface area contributed by atoms with Crippen molar-refractivity contribution in [2.24, 2.45) is 0 Å². The molecule has 0 saturated carbocycles. The summed E-state index contributed by atoms with van der Waals surface area (Å²) < 4.78 is 34.8. The Labute approximate surface area is 793 Å². The molecule has 682 valence electrons. The Morgan fingerprint density at radius 3 is 1.26 bits per heavy atom. The maximum atomic E-state index is 11.1. The average molecular weight is 1820 g/mol. The number of thiazole rings is 1. The summed E-state index contributed by atoms with van der Waals surface area (Å²) in [5.74, 6) is 5.89. The Kier molecular flexibility index (Phi) is 30.5. The predicted octanol–water partition coefficient (Wildman–Crippen LogP) is 28.0. The fourth-order valence-electron chi connectivity index (χ4n) is 15.3. The largest absolute Gasteiger partial charge is 0.507 e. The summed E-state index contributed by atoms with van der Waals surface area (Å²) in [4.78, 5) is 37.3. The van der Waals surface area contributed by atoms with Gasteiger partial charge in [-0.2, -0.15) is 0 Å². The first-order valence-corrected chi connectivity index (χ1v) is 46.5. The highest BCUT2D eigenvalue weighted by Crippen LogP contribution is 2.43. The number of pyridine rings is 1. The van der Waals surface area contributed by atoms with Gasteiger partial charge in [0.2, 0.25) is 5.89 Å². The molecule has 20 aromatic rings. The Hall–Kier alpha value is -16.5. The van der Waals surface area contributed by atoms with E-state index in [1.807, 2.05) is 193 Å². The van der Waals surface area contributed by atoms with Crippen molar-refractivity contribution in [1.82, 2.24) is 49.0 Å². The van der Waals surface area contributed by atoms with Gasteiger partial charge >= 0.3 is 0 Å². The van der Waals surface area contributed by atoms with Crippen LogP contribution in [0.1, 0.15) is 90.2 Å². The van der Waals surface area contributed by atoms with Crippen LogP contribution in [-0.2, 0) is 0 Å². The molecule has 6 heterocycles. The van der Waals surface area contributed by atoms with Crippen LogP contribution in [0.15, 0.2) is 344 Å². The van der Waals surface area contributed by atoms with Crippen LogP contribution in [0.5, 0.6) is 57.5 Å². The number of para-hydroxylation sites is 8. The number of benzene rings is 14. The second-order valence-electron chi connectivity index (χ2n) is 32.3. The minimum absolute atomic E-state index is 0.0277. The Morgan fingerprint density at radius 2 is 0.735 bits per heavy atom. The Balaban J connectivity index is 0.000000128. The minimum atomic E-state index is -0.0277. The zero-order chi connectivity index (χ0) is 94.2. The predicted molar refractivity (Wildman–Crippen MR) is 543 cm³/mol. The third-order valence-electron chi connectivity index (χ3n) is 22.6. The van der Waals surface area contributed by atoms with Crippen molar-refractivity contribution in [2.45, 2.75) is 92.9 Å². The van der Waals surface area contributed by atoms with Crippen molar-refractivity contribution in [3.63, 3.8) is 0 Å². The van der Waals surface area contributed by atoms with E-state index in [1.165, 1.54) is 5.56 Å². The number of hydrogen-bond donors (Lipinski definition) is 6. The summed E-state index contributed by atoms with van der Waals surface area (Å²) in [6, 6.07) is 106. The summed E-state index contributed by atoms with van der Waals surface area (Å²) in [5.41, 5.74) is 19.2. The van der Waals surface area contributed by atoms with Crippen LogP contribution in [0.2, 0.25) is 0 Å². The van der Waals surface area contributed by atoms with Crippen molar-refractivity contribution in [3.05, 3.63) is 351 Å². The fraction of sp³-hybridized carbons (Fsp3) is 0.158. The minimum Gasteiger partial charge on any atom is -0.507 e. The highest BCUT2D eigenvalue weighted by Gasteiger charge is 2.25. The van der Waals surface area contributed by atoms with Gasteiger partial charge in [0.25, 0.3) is 0 Å². The highest BCUT2D eigenvalue weighted by molar-refractivity contribution is 7.21. The van der Waals surface area contributed by atoms with Crippen LogP contribution in [0.4, 0.5) is 0 Å². The molecule has 0 unspecified atom stereocenters. The van der Waals surface area contributed by atoms with Gasteiger partial charge in [0.15, 0.2) is 34.5 Å². The van der Waals surface area contributed by atoms with E-state index in [1.54, 1.807) is 96.4 Å². The second-order valence-corrected chi connectivity index (χ2v) is 33.3. The Bertz CT molecular complexity index is 7060. The number of imidazole rings is 2. The van der Waals surface area contributed by atoms with Crippen LogP contribution >= 0.6 is 11.3 Å². The first kappa shape index (κ1) is 92.8. The molecule has 14 aromatic carbocycles. The van der Waals surface area contributed by atoms with Gasteiger partial charge in [-0.1, -0.05) is 223 Å². The molecule has 22 heteroatoms. The summed E-state index contributed by atoms with van der Waals surface area (Å²) >= 11 is 1.60. The molecule has 136 heavy (non-hydrogen) atoms. The first-order chi connectivity index (χ1) is 66.6. The van der Waals surface area contributed by atoms with Crippen LogP contribution in [0.3, 0.4) is 0 Å². The van der Waals surface area contributed by atoms with E-state index in [2.05, 4.69) is 133 Å². The van der Waals surface area contributed by atoms with Crippen LogP contribution < -0.4 is 18.9 Å². The summed E-state index contributed by atoms with van der Waals surface area (Å²) in [5, 5.41) is 63.4. The van der Waals surface area contributed by atoms with Gasteiger partial charge < -0.3 is 54.0 Å². The Morgan fingerprint density at radius 1 is 0.309 bits per heavy atom. The molecular weight excluding hydrogens is 1720 g/mol. The topological polar surface area (TPSA) is 284 Å². The smallest absolute Gasteiger partial charge is 0.231 e. The molecule has 0 spiro atoms. The molecule has 6 aromatic heterocycles. The molecule has 6 N–H and O–H groups in total. The first-order valence-electron chi connectivity index (χ1n) is 45.7. The molecule has 0 fully saturated rings. The third-order valence-corrected chi connectivity index (χ3v) is 23.6. The molecule has 0 amide bonds. The zero-order valence-corrected chi connectivity index (χ0v) is 77.2. The van der Waals surface area contributed by atoms with Gasteiger partial charge in [-0.25, -0.2) is 39.9 Å². The average Bonchev–Trinajstić information content (AvgIpc) is 1.61. The van der Waals surface area contributed by atoms with Gasteiger partial charge in [0.1, 0.15) is 73.8 Å².